The van der Waals surface area contributed by atoms with E-state index in [4.69, 9.17) is 39.5 Å². The number of likely N-dealkylation sites (tertiary alicyclic amines) is 1. The van der Waals surface area contributed by atoms with E-state index in [1.807, 2.05) is 24.3 Å². The summed E-state index contributed by atoms with van der Waals surface area (Å²) in [5.74, 6) is 0.112. The van der Waals surface area contributed by atoms with Gasteiger partial charge >= 0.3 is 0 Å². The number of carbonyl (C=O) groups excluding carboxylic acids is 1. The molecule has 0 radical (unpaired) electrons. The third-order valence-corrected chi connectivity index (χ3v) is 7.07. The number of carbonyl (C=O) groups is 1. The van der Waals surface area contributed by atoms with Crippen molar-refractivity contribution in [2.75, 3.05) is 37.4 Å². The molecule has 0 aromatic heterocycles. The Morgan fingerprint density at radius 2 is 1.85 bits per heavy atom. The zero-order valence-electron chi connectivity index (χ0n) is 19.0. The minimum absolute atomic E-state index is 0.138. The van der Waals surface area contributed by atoms with Gasteiger partial charge < -0.3 is 20.1 Å². The monoisotopic (exact) mass is 512 g/mol. The normalized spacial score (nSPS) is 20.4. The molecular formula is C25H31Cl3N2O3. The quantitative estimate of drug-likeness (QED) is 0.336. The Bertz CT molecular complexity index is 952. The van der Waals surface area contributed by atoms with Crippen molar-refractivity contribution in [3.05, 3.63) is 58.1 Å². The summed E-state index contributed by atoms with van der Waals surface area (Å²) in [6, 6.07) is 12.8. The lowest BCUT2D eigenvalue weighted by Gasteiger charge is -2.50. The third kappa shape index (κ3) is 7.00. The number of benzene rings is 2. The van der Waals surface area contributed by atoms with Crippen molar-refractivity contribution in [3.63, 3.8) is 0 Å². The van der Waals surface area contributed by atoms with E-state index in [0.29, 0.717) is 40.9 Å². The first-order chi connectivity index (χ1) is 15.6. The highest BCUT2D eigenvalue weighted by Crippen LogP contribution is 2.41. The Hall–Kier alpha value is -1.50. The molecule has 1 amide bonds. The van der Waals surface area contributed by atoms with Gasteiger partial charge in [-0.25, -0.2) is 0 Å². The number of amides is 1. The second-order valence-electron chi connectivity index (χ2n) is 9.27. The number of hydrogen-bond donors (Lipinski definition) is 2. The van der Waals surface area contributed by atoms with Crippen molar-refractivity contribution < 1.29 is 14.6 Å². The van der Waals surface area contributed by atoms with E-state index >= 15 is 0 Å². The van der Waals surface area contributed by atoms with Gasteiger partial charge in [-0.1, -0.05) is 49.2 Å². The van der Waals surface area contributed by atoms with Crippen molar-refractivity contribution in [2.24, 2.45) is 5.41 Å². The smallest absolute Gasteiger partial charge is 0.239 e. The summed E-state index contributed by atoms with van der Waals surface area (Å²) >= 11 is 17.6. The number of ether oxygens (including phenoxy) is 1. The van der Waals surface area contributed by atoms with Crippen LogP contribution in [0.4, 0.5) is 5.69 Å². The molecule has 1 aliphatic rings. The van der Waals surface area contributed by atoms with Crippen LogP contribution in [0.1, 0.15) is 32.3 Å². The Morgan fingerprint density at radius 1 is 1.15 bits per heavy atom. The van der Waals surface area contributed by atoms with Gasteiger partial charge in [-0.15, -0.1) is 11.6 Å². The summed E-state index contributed by atoms with van der Waals surface area (Å²) in [6.07, 6.45) is 2.13. The maximum Gasteiger partial charge on any atom is 0.239 e. The van der Waals surface area contributed by atoms with Crippen LogP contribution >= 0.6 is 34.8 Å². The van der Waals surface area contributed by atoms with Crippen molar-refractivity contribution in [3.8, 4) is 5.75 Å². The van der Waals surface area contributed by atoms with Gasteiger partial charge in [0.1, 0.15) is 11.6 Å². The second-order valence-corrected chi connectivity index (χ2v) is 10.4. The second kappa shape index (κ2) is 11.3. The molecule has 1 atom stereocenters. The standard InChI is InChI=1S/C25H31Cl3N2O3/c1-24(2)17-30(12-10-25(24,32)15-18-4-6-19(27)7-5-18)11-3-13-33-22-9-8-20(28)14-21(22)29-23(31)16-26/h4-9,14,32H,3,10-13,15-17H2,1-2H3,(H,29,31). The molecule has 33 heavy (non-hydrogen) atoms. The molecule has 0 saturated carbocycles. The molecule has 2 aromatic rings. The topological polar surface area (TPSA) is 61.8 Å². The van der Waals surface area contributed by atoms with E-state index in [9.17, 15) is 9.90 Å². The molecular weight excluding hydrogens is 483 g/mol. The molecule has 1 heterocycles. The molecule has 1 fully saturated rings. The van der Waals surface area contributed by atoms with Gasteiger partial charge in [-0.3, -0.25) is 4.79 Å². The van der Waals surface area contributed by atoms with Crippen LogP contribution in [0.5, 0.6) is 5.75 Å². The Balaban J connectivity index is 1.51. The van der Waals surface area contributed by atoms with Crippen molar-refractivity contribution in [2.45, 2.75) is 38.7 Å². The highest BCUT2D eigenvalue weighted by Gasteiger charge is 2.47. The summed E-state index contributed by atoms with van der Waals surface area (Å²) < 4.78 is 5.91. The largest absolute Gasteiger partial charge is 0.491 e. The molecule has 0 aliphatic carbocycles. The number of aliphatic hydroxyl groups is 1. The lowest BCUT2D eigenvalue weighted by Crippen LogP contribution is -2.58. The summed E-state index contributed by atoms with van der Waals surface area (Å²) in [7, 11) is 0. The fourth-order valence-electron chi connectivity index (χ4n) is 4.30. The first-order valence-corrected chi connectivity index (χ1v) is 12.4. The van der Waals surface area contributed by atoms with Crippen LogP contribution in [0.15, 0.2) is 42.5 Å². The summed E-state index contributed by atoms with van der Waals surface area (Å²) in [6.45, 7) is 7.24. The van der Waals surface area contributed by atoms with E-state index in [0.717, 1.165) is 31.6 Å². The van der Waals surface area contributed by atoms with Crippen LogP contribution in [-0.2, 0) is 11.2 Å². The van der Waals surface area contributed by atoms with Gasteiger partial charge in [0.2, 0.25) is 5.91 Å². The van der Waals surface area contributed by atoms with Crippen LogP contribution < -0.4 is 10.1 Å². The molecule has 0 spiro atoms. The predicted molar refractivity (Wildman–Crippen MR) is 136 cm³/mol. The summed E-state index contributed by atoms with van der Waals surface area (Å²) in [5, 5.41) is 15.4. The van der Waals surface area contributed by atoms with E-state index in [2.05, 4.69) is 24.1 Å². The van der Waals surface area contributed by atoms with E-state index < -0.39 is 5.60 Å². The highest BCUT2D eigenvalue weighted by atomic mass is 35.5. The number of alkyl halides is 1. The van der Waals surface area contributed by atoms with Crippen LogP contribution in [0, 0.1) is 5.41 Å². The van der Waals surface area contributed by atoms with Crippen LogP contribution in [0.3, 0.4) is 0 Å². The average molecular weight is 514 g/mol. The Morgan fingerprint density at radius 3 is 2.52 bits per heavy atom. The van der Waals surface area contributed by atoms with E-state index in [1.165, 1.54) is 0 Å². The van der Waals surface area contributed by atoms with Crippen LogP contribution in [0.2, 0.25) is 10.0 Å². The molecule has 2 aromatic carbocycles. The van der Waals surface area contributed by atoms with Crippen LogP contribution in [-0.4, -0.2) is 53.6 Å². The lowest BCUT2D eigenvalue weighted by molar-refractivity contribution is -0.118. The van der Waals surface area contributed by atoms with Crippen molar-refractivity contribution >= 4 is 46.4 Å². The molecule has 0 bridgehead atoms. The lowest BCUT2D eigenvalue weighted by atomic mass is 9.67. The maximum atomic E-state index is 11.7. The summed E-state index contributed by atoms with van der Waals surface area (Å²) in [4.78, 5) is 14.0. The number of nitrogens with zero attached hydrogens (tertiary/aromatic N) is 1. The SMILES string of the molecule is CC1(C)CN(CCCOc2ccc(Cl)cc2NC(=O)CCl)CCC1(O)Cc1ccc(Cl)cc1. The van der Waals surface area contributed by atoms with Crippen LogP contribution in [0.25, 0.3) is 0 Å². The number of piperidine rings is 1. The molecule has 180 valence electrons. The number of nitrogens with one attached hydrogen (secondary N) is 1. The first-order valence-electron chi connectivity index (χ1n) is 11.1. The van der Waals surface area contributed by atoms with Gasteiger partial charge in [0, 0.05) is 41.5 Å². The highest BCUT2D eigenvalue weighted by molar-refractivity contribution is 6.31. The van der Waals surface area contributed by atoms with Crippen molar-refractivity contribution in [1.82, 2.24) is 4.90 Å². The summed E-state index contributed by atoms with van der Waals surface area (Å²) in [5.41, 5.74) is 0.574. The predicted octanol–water partition coefficient (Wildman–Crippen LogP) is 5.65. The fourth-order valence-corrected chi connectivity index (χ4v) is 4.67. The number of halogens is 3. The molecule has 1 saturated heterocycles. The van der Waals surface area contributed by atoms with Crippen molar-refractivity contribution in [1.29, 1.82) is 0 Å². The van der Waals surface area contributed by atoms with Gasteiger partial charge in [0.15, 0.2) is 0 Å². The van der Waals surface area contributed by atoms with Gasteiger partial charge in [-0.05, 0) is 48.7 Å². The maximum absolute atomic E-state index is 11.7. The molecule has 3 rings (SSSR count). The average Bonchev–Trinajstić information content (AvgIpc) is 2.76. The zero-order chi connectivity index (χ0) is 24.1. The number of hydrogen-bond acceptors (Lipinski definition) is 4. The van der Waals surface area contributed by atoms with E-state index in [1.54, 1.807) is 18.2 Å². The molecule has 2 N–H and O–H groups in total. The molecule has 1 aliphatic heterocycles. The minimum atomic E-state index is -0.771. The molecule has 8 heteroatoms. The first kappa shape index (κ1) is 26.1. The fraction of sp³-hybridized carbons (Fsp3) is 0.480. The van der Waals surface area contributed by atoms with Gasteiger partial charge in [0.05, 0.1) is 17.9 Å². The number of anilines is 1. The van der Waals surface area contributed by atoms with Gasteiger partial charge in [0.25, 0.3) is 0 Å². The number of rotatable bonds is 9. The zero-order valence-corrected chi connectivity index (χ0v) is 21.3. The van der Waals surface area contributed by atoms with Gasteiger partial charge in [-0.2, -0.15) is 0 Å². The third-order valence-electron chi connectivity index (χ3n) is 6.34. The molecule has 1 unspecified atom stereocenters. The Labute approximate surface area is 211 Å². The Kier molecular flexibility index (Phi) is 8.93. The van der Waals surface area contributed by atoms with E-state index in [-0.39, 0.29) is 17.2 Å². The minimum Gasteiger partial charge on any atom is -0.491 e. The molecule has 5 nitrogen and oxygen atoms in total.